The van der Waals surface area contributed by atoms with Crippen molar-refractivity contribution in [3.63, 3.8) is 0 Å². The number of fused-ring (bicyclic) bond motifs is 1. The van der Waals surface area contributed by atoms with Crippen LogP contribution >= 0.6 is 11.6 Å². The molecule has 3 aromatic rings. The Kier molecular flexibility index (Phi) is 6.72. The first-order chi connectivity index (χ1) is 15.7. The van der Waals surface area contributed by atoms with Gasteiger partial charge in [-0.15, -0.1) is 0 Å². The van der Waals surface area contributed by atoms with Gasteiger partial charge >= 0.3 is 0 Å². The minimum Gasteiger partial charge on any atom is -0.492 e. The first-order valence-electron chi connectivity index (χ1n) is 11.2. The zero-order valence-corrected chi connectivity index (χ0v) is 19.9. The van der Waals surface area contributed by atoms with E-state index in [9.17, 15) is 14.9 Å². The fourth-order valence-corrected chi connectivity index (χ4v) is 4.99. The van der Waals surface area contributed by atoms with E-state index in [0.29, 0.717) is 34.9 Å². The number of piperidine rings is 1. The number of benzene rings is 2. The van der Waals surface area contributed by atoms with Crippen molar-refractivity contribution in [3.05, 3.63) is 66.9 Å². The number of aromatic amines is 1. The molecular weight excluding hydrogens is 442 g/mol. The minimum absolute atomic E-state index is 0.0305. The molecule has 2 aromatic carbocycles. The number of nitro benzene ring substituents is 1. The average molecular weight is 470 g/mol. The Balaban J connectivity index is 1.84. The lowest BCUT2D eigenvalue weighted by Gasteiger charge is -2.32. The van der Waals surface area contributed by atoms with Crippen molar-refractivity contribution in [2.24, 2.45) is 0 Å². The van der Waals surface area contributed by atoms with Crippen LogP contribution in [-0.2, 0) is 0 Å². The summed E-state index contributed by atoms with van der Waals surface area (Å²) >= 11 is 6.11. The second-order valence-corrected chi connectivity index (χ2v) is 9.32. The standard InChI is InChI=1S/C25H28ClN3O4/c1-15-10-16(2)12-17(11-15)23-24(33-9-7-18-6-4-5-8-28(18)3)19-13-22(29(31)32)20(26)14-21(19)27-25(23)30/h10-14,18H,4-9H2,1-3H3,(H,27,30)/t18-/m0/s1. The van der Waals surface area contributed by atoms with Crippen LogP contribution in [0.4, 0.5) is 5.69 Å². The molecule has 1 aliphatic heterocycles. The molecular formula is C25H28ClN3O4. The molecule has 0 unspecified atom stereocenters. The summed E-state index contributed by atoms with van der Waals surface area (Å²) < 4.78 is 6.28. The minimum atomic E-state index is -0.524. The third kappa shape index (κ3) is 4.89. The number of aryl methyl sites for hydroxylation is 2. The molecule has 1 fully saturated rings. The molecule has 2 heterocycles. The van der Waals surface area contributed by atoms with Gasteiger partial charge < -0.3 is 14.6 Å². The molecule has 0 bridgehead atoms. The Morgan fingerprint density at radius 2 is 1.91 bits per heavy atom. The Morgan fingerprint density at radius 1 is 1.18 bits per heavy atom. The van der Waals surface area contributed by atoms with E-state index in [-0.39, 0.29) is 16.3 Å². The number of H-pyrrole nitrogens is 1. The third-order valence-electron chi connectivity index (χ3n) is 6.36. The Hall–Kier alpha value is -2.90. The van der Waals surface area contributed by atoms with E-state index < -0.39 is 4.92 Å². The van der Waals surface area contributed by atoms with Gasteiger partial charge in [0.15, 0.2) is 0 Å². The first kappa shape index (κ1) is 23.3. The largest absolute Gasteiger partial charge is 0.492 e. The van der Waals surface area contributed by atoms with Gasteiger partial charge in [0.05, 0.1) is 22.6 Å². The zero-order valence-electron chi connectivity index (χ0n) is 19.1. The number of aromatic nitrogens is 1. The van der Waals surface area contributed by atoms with Crippen LogP contribution in [0.15, 0.2) is 35.1 Å². The van der Waals surface area contributed by atoms with Gasteiger partial charge in [-0.05, 0) is 58.3 Å². The number of hydrogen-bond donors (Lipinski definition) is 1. The fraction of sp³-hybridized carbons (Fsp3) is 0.400. The van der Waals surface area contributed by atoms with E-state index in [1.807, 2.05) is 32.0 Å². The molecule has 0 spiro atoms. The van der Waals surface area contributed by atoms with Gasteiger partial charge in [0.1, 0.15) is 10.8 Å². The van der Waals surface area contributed by atoms with Crippen LogP contribution in [0.5, 0.6) is 5.75 Å². The molecule has 1 aromatic heterocycles. The number of hydrogen-bond acceptors (Lipinski definition) is 5. The second-order valence-electron chi connectivity index (χ2n) is 8.91. The maximum absolute atomic E-state index is 13.2. The lowest BCUT2D eigenvalue weighted by molar-refractivity contribution is -0.384. The smallest absolute Gasteiger partial charge is 0.288 e. The van der Waals surface area contributed by atoms with E-state index in [2.05, 4.69) is 16.9 Å². The van der Waals surface area contributed by atoms with Crippen LogP contribution in [0.1, 0.15) is 36.8 Å². The van der Waals surface area contributed by atoms with Crippen LogP contribution in [-0.4, -0.2) is 41.0 Å². The number of rotatable bonds is 6. The fourth-order valence-electron chi connectivity index (χ4n) is 4.75. The van der Waals surface area contributed by atoms with Gasteiger partial charge in [-0.3, -0.25) is 14.9 Å². The van der Waals surface area contributed by atoms with Crippen LogP contribution in [0.25, 0.3) is 22.0 Å². The number of nitrogens with zero attached hydrogens (tertiary/aromatic N) is 2. The van der Waals surface area contributed by atoms with Crippen molar-refractivity contribution >= 4 is 28.2 Å². The van der Waals surface area contributed by atoms with Gasteiger partial charge in [0.25, 0.3) is 11.2 Å². The summed E-state index contributed by atoms with van der Waals surface area (Å²) in [6.45, 7) is 5.41. The van der Waals surface area contributed by atoms with E-state index in [1.165, 1.54) is 25.0 Å². The van der Waals surface area contributed by atoms with Crippen molar-refractivity contribution in [3.8, 4) is 16.9 Å². The molecule has 0 saturated carbocycles. The highest BCUT2D eigenvalue weighted by atomic mass is 35.5. The van der Waals surface area contributed by atoms with E-state index >= 15 is 0 Å². The summed E-state index contributed by atoms with van der Waals surface area (Å²) in [5.41, 5.74) is 3.00. The lowest BCUT2D eigenvalue weighted by Crippen LogP contribution is -2.37. The van der Waals surface area contributed by atoms with E-state index in [0.717, 1.165) is 36.1 Å². The van der Waals surface area contributed by atoms with Crippen LogP contribution in [0, 0.1) is 24.0 Å². The number of nitro groups is 1. The molecule has 1 atom stereocenters. The van der Waals surface area contributed by atoms with Crippen LogP contribution in [0.2, 0.25) is 5.02 Å². The molecule has 0 aliphatic carbocycles. The van der Waals surface area contributed by atoms with Gasteiger partial charge in [-0.1, -0.05) is 47.3 Å². The molecule has 1 aliphatic rings. The number of halogens is 1. The van der Waals surface area contributed by atoms with E-state index in [4.69, 9.17) is 16.3 Å². The lowest BCUT2D eigenvalue weighted by atomic mass is 9.99. The van der Waals surface area contributed by atoms with Crippen LogP contribution in [0.3, 0.4) is 0 Å². The number of nitrogens with one attached hydrogen (secondary N) is 1. The highest BCUT2D eigenvalue weighted by molar-refractivity contribution is 6.33. The summed E-state index contributed by atoms with van der Waals surface area (Å²) in [5, 5.41) is 12.0. The SMILES string of the molecule is Cc1cc(C)cc(-c2c(OCC[C@@H]3CCCCN3C)c3cc([N+](=O)[O-])c(Cl)cc3[nH]c2=O)c1. The maximum atomic E-state index is 13.2. The topological polar surface area (TPSA) is 88.5 Å². The molecule has 7 nitrogen and oxygen atoms in total. The summed E-state index contributed by atoms with van der Waals surface area (Å²) in [6, 6.07) is 9.11. The molecule has 4 rings (SSSR count). The number of likely N-dealkylation sites (tertiary alicyclic amines) is 1. The number of pyridine rings is 1. The van der Waals surface area contributed by atoms with Crippen LogP contribution < -0.4 is 10.3 Å². The van der Waals surface area contributed by atoms with Gasteiger partial charge in [0, 0.05) is 17.5 Å². The van der Waals surface area contributed by atoms with Gasteiger partial charge in [-0.2, -0.15) is 0 Å². The second kappa shape index (κ2) is 9.53. The average Bonchev–Trinajstić information content (AvgIpc) is 2.73. The molecule has 0 radical (unpaired) electrons. The predicted molar refractivity (Wildman–Crippen MR) is 132 cm³/mol. The van der Waals surface area contributed by atoms with Crippen molar-refractivity contribution < 1.29 is 9.66 Å². The Labute approximate surface area is 197 Å². The van der Waals surface area contributed by atoms with Gasteiger partial charge in [0.2, 0.25) is 0 Å². The van der Waals surface area contributed by atoms with Gasteiger partial charge in [-0.25, -0.2) is 0 Å². The van der Waals surface area contributed by atoms with Crippen molar-refractivity contribution in [2.45, 2.75) is 45.6 Å². The number of ether oxygens (including phenoxy) is 1. The summed E-state index contributed by atoms with van der Waals surface area (Å²) in [7, 11) is 2.12. The summed E-state index contributed by atoms with van der Waals surface area (Å²) in [6.07, 6.45) is 4.32. The Bertz CT molecular complexity index is 1250. The zero-order chi connectivity index (χ0) is 23.7. The van der Waals surface area contributed by atoms with E-state index in [1.54, 1.807) is 0 Å². The highest BCUT2D eigenvalue weighted by Crippen LogP contribution is 2.38. The maximum Gasteiger partial charge on any atom is 0.288 e. The summed E-state index contributed by atoms with van der Waals surface area (Å²) in [4.78, 5) is 29.4. The summed E-state index contributed by atoms with van der Waals surface area (Å²) in [5.74, 6) is 0.358. The molecule has 0 amide bonds. The normalized spacial score (nSPS) is 16.8. The predicted octanol–water partition coefficient (Wildman–Crippen LogP) is 5.63. The molecule has 174 valence electrons. The quantitative estimate of drug-likeness (QED) is 0.373. The first-order valence-corrected chi connectivity index (χ1v) is 11.6. The highest BCUT2D eigenvalue weighted by Gasteiger charge is 2.23. The molecule has 8 heteroatoms. The van der Waals surface area contributed by atoms with Crippen molar-refractivity contribution in [1.29, 1.82) is 0 Å². The van der Waals surface area contributed by atoms with Crippen molar-refractivity contribution in [1.82, 2.24) is 9.88 Å². The van der Waals surface area contributed by atoms with Crippen molar-refractivity contribution in [2.75, 3.05) is 20.2 Å². The third-order valence-corrected chi connectivity index (χ3v) is 6.66. The molecule has 1 saturated heterocycles. The molecule has 33 heavy (non-hydrogen) atoms. The Morgan fingerprint density at radius 3 is 2.58 bits per heavy atom. The monoisotopic (exact) mass is 469 g/mol. The molecule has 1 N–H and O–H groups in total.